The summed E-state index contributed by atoms with van der Waals surface area (Å²) in [5.74, 6) is -0.236. The van der Waals surface area contributed by atoms with Crippen molar-refractivity contribution in [2.24, 2.45) is 0 Å². The minimum atomic E-state index is -4.40. The fraction of sp³-hybridized carbons (Fsp3) is 0.355. The summed E-state index contributed by atoms with van der Waals surface area (Å²) < 4.78 is 65.7. The van der Waals surface area contributed by atoms with Gasteiger partial charge < -0.3 is 30.0 Å². The van der Waals surface area contributed by atoms with E-state index < -0.39 is 42.1 Å². The topological polar surface area (TPSA) is 131 Å². The number of anilines is 2. The molecule has 3 aromatic heterocycles. The van der Waals surface area contributed by atoms with E-state index in [1.54, 1.807) is 10.8 Å². The summed E-state index contributed by atoms with van der Waals surface area (Å²) in [5.41, 5.74) is 8.85. The van der Waals surface area contributed by atoms with Crippen molar-refractivity contribution in [1.29, 1.82) is 0 Å². The molecule has 3 N–H and O–H groups in total. The zero-order valence-corrected chi connectivity index (χ0v) is 24.4. The van der Waals surface area contributed by atoms with Crippen LogP contribution in [0.3, 0.4) is 0 Å². The fourth-order valence-electron chi connectivity index (χ4n) is 5.79. The molecule has 45 heavy (non-hydrogen) atoms. The van der Waals surface area contributed by atoms with Gasteiger partial charge in [0.1, 0.15) is 24.6 Å². The summed E-state index contributed by atoms with van der Waals surface area (Å²) in [6.45, 7) is 4.28. The van der Waals surface area contributed by atoms with Gasteiger partial charge in [-0.1, -0.05) is 24.3 Å². The molecule has 0 amide bonds. The van der Waals surface area contributed by atoms with Crippen LogP contribution in [0.5, 0.6) is 0 Å². The van der Waals surface area contributed by atoms with Crippen molar-refractivity contribution < 1.29 is 32.1 Å². The molecular weight excluding hydrogens is 591 g/mol. The Balaban J connectivity index is 1.14. The minimum absolute atomic E-state index is 0.0934. The normalized spacial score (nSPS) is 22.7. The predicted octanol–water partition coefficient (Wildman–Crippen LogP) is 5.22. The third-order valence-corrected chi connectivity index (χ3v) is 7.84. The monoisotopic (exact) mass is 621 g/mol. The number of nitrogen functional groups attached to an aromatic ring is 1. The second kappa shape index (κ2) is 11.2. The van der Waals surface area contributed by atoms with Gasteiger partial charge in [-0.15, -0.1) is 0 Å². The highest BCUT2D eigenvalue weighted by atomic mass is 19.4. The second-order valence-corrected chi connectivity index (χ2v) is 11.5. The van der Waals surface area contributed by atoms with Gasteiger partial charge in [0.25, 0.3) is 0 Å². The third-order valence-electron chi connectivity index (χ3n) is 7.84. The second-order valence-electron chi connectivity index (χ2n) is 11.5. The number of ether oxygens (including phenoxy) is 4. The van der Waals surface area contributed by atoms with Crippen molar-refractivity contribution in [2.75, 3.05) is 17.7 Å². The molecule has 4 atom stereocenters. The Morgan fingerprint density at radius 2 is 1.78 bits per heavy atom. The number of aromatic nitrogens is 5. The van der Waals surface area contributed by atoms with Crippen LogP contribution in [0.4, 0.5) is 24.9 Å². The molecule has 0 unspecified atom stereocenters. The van der Waals surface area contributed by atoms with E-state index in [-0.39, 0.29) is 19.0 Å². The molecule has 0 bridgehead atoms. The lowest BCUT2D eigenvalue weighted by Gasteiger charge is -2.25. The van der Waals surface area contributed by atoms with Gasteiger partial charge in [0.05, 0.1) is 24.3 Å². The first-order valence-corrected chi connectivity index (χ1v) is 14.4. The van der Waals surface area contributed by atoms with Crippen LogP contribution in [0, 0.1) is 0 Å². The molecule has 5 heterocycles. The van der Waals surface area contributed by atoms with Gasteiger partial charge in [-0.05, 0) is 55.3 Å². The molecule has 0 saturated carbocycles. The Hall–Kier alpha value is -4.37. The highest BCUT2D eigenvalue weighted by Gasteiger charge is 2.56. The highest BCUT2D eigenvalue weighted by molar-refractivity contribution is 5.84. The molecule has 0 spiro atoms. The van der Waals surface area contributed by atoms with Gasteiger partial charge in [-0.25, -0.2) is 15.0 Å². The van der Waals surface area contributed by atoms with Crippen molar-refractivity contribution in [3.8, 4) is 0 Å². The van der Waals surface area contributed by atoms with E-state index in [1.165, 1.54) is 18.5 Å². The van der Waals surface area contributed by atoms with Crippen LogP contribution >= 0.6 is 0 Å². The summed E-state index contributed by atoms with van der Waals surface area (Å²) in [6, 6.07) is 14.8. The predicted molar refractivity (Wildman–Crippen MR) is 158 cm³/mol. The number of halogens is 3. The van der Waals surface area contributed by atoms with E-state index in [4.69, 9.17) is 29.7 Å². The van der Waals surface area contributed by atoms with E-state index >= 15 is 0 Å². The van der Waals surface area contributed by atoms with E-state index in [0.717, 1.165) is 28.6 Å². The molecule has 2 saturated heterocycles. The Bertz CT molecular complexity index is 1850. The largest absolute Gasteiger partial charge is 0.416 e. The summed E-state index contributed by atoms with van der Waals surface area (Å²) >= 11 is 0. The number of benzene rings is 2. The SMILES string of the molecule is CC1(C)O[C@@H]2[C@H](O1)[C@@H](COCc1ccc(C(F)(F)F)cc1)O[C@H]2n1c(NCc2ccc3ncccc3c2)nc2c(N)ncnc21. The molecular formula is C31H30F3N7O4. The molecule has 14 heteroatoms. The van der Waals surface area contributed by atoms with Crippen LogP contribution in [0.1, 0.15) is 36.8 Å². The molecule has 11 nitrogen and oxygen atoms in total. The lowest BCUT2D eigenvalue weighted by molar-refractivity contribution is -0.201. The van der Waals surface area contributed by atoms with Crippen LogP contribution in [0.25, 0.3) is 22.1 Å². The number of imidazole rings is 1. The van der Waals surface area contributed by atoms with Gasteiger partial charge in [0.15, 0.2) is 29.0 Å². The number of nitrogens with one attached hydrogen (secondary N) is 1. The molecule has 2 aliphatic rings. The molecule has 2 aliphatic heterocycles. The van der Waals surface area contributed by atoms with Crippen molar-refractivity contribution in [3.63, 3.8) is 0 Å². The number of hydrogen-bond donors (Lipinski definition) is 2. The smallest absolute Gasteiger partial charge is 0.382 e. The minimum Gasteiger partial charge on any atom is -0.382 e. The third kappa shape index (κ3) is 5.77. The fourth-order valence-corrected chi connectivity index (χ4v) is 5.79. The van der Waals surface area contributed by atoms with E-state index in [0.29, 0.717) is 29.2 Å². The number of nitrogens with two attached hydrogens (primary N) is 1. The Kier molecular flexibility index (Phi) is 7.31. The summed E-state index contributed by atoms with van der Waals surface area (Å²) in [6.07, 6.45) is -3.63. The maximum atomic E-state index is 13.0. The average molecular weight is 622 g/mol. The Morgan fingerprint density at radius 1 is 1.00 bits per heavy atom. The molecule has 234 valence electrons. The lowest BCUT2D eigenvalue weighted by atomic mass is 10.1. The number of alkyl halides is 3. The van der Waals surface area contributed by atoms with Crippen LogP contribution in [-0.2, 0) is 38.3 Å². The maximum absolute atomic E-state index is 13.0. The molecule has 0 radical (unpaired) electrons. The molecule has 2 fully saturated rings. The van der Waals surface area contributed by atoms with Gasteiger partial charge in [-0.2, -0.15) is 13.2 Å². The van der Waals surface area contributed by atoms with Crippen molar-refractivity contribution in [1.82, 2.24) is 24.5 Å². The van der Waals surface area contributed by atoms with Gasteiger partial charge in [0.2, 0.25) is 5.95 Å². The summed E-state index contributed by atoms with van der Waals surface area (Å²) in [4.78, 5) is 17.7. The number of rotatable bonds is 8. The van der Waals surface area contributed by atoms with Crippen molar-refractivity contribution in [2.45, 2.75) is 63.5 Å². The molecule has 7 rings (SSSR count). The van der Waals surface area contributed by atoms with E-state index in [9.17, 15) is 13.2 Å². The average Bonchev–Trinajstić information content (AvgIpc) is 3.64. The standard InChI is InChI=1S/C31H30F3N7O4/c1-30(2)44-24-22(15-42-14-17-5-8-20(9-6-17)31(32,33)34)43-28(25(24)45-30)41-27-23(26(35)38-16-39-27)40-29(41)37-13-18-7-10-21-19(12-18)4-3-11-36-21/h3-12,16,22,24-25,28H,13-15H2,1-2H3,(H,37,40)(H2,35,38,39)/t22-,24-,25-,28-/m1/s1. The molecule has 2 aromatic carbocycles. The lowest BCUT2D eigenvalue weighted by Crippen LogP contribution is -2.32. The Labute approximate surface area is 255 Å². The number of hydrogen-bond acceptors (Lipinski definition) is 10. The van der Waals surface area contributed by atoms with Crippen LogP contribution in [0.2, 0.25) is 0 Å². The summed E-state index contributed by atoms with van der Waals surface area (Å²) in [5, 5.41) is 4.42. The van der Waals surface area contributed by atoms with Crippen LogP contribution in [-0.4, -0.2) is 55.2 Å². The molecule has 0 aliphatic carbocycles. The first kappa shape index (κ1) is 29.3. The zero-order chi connectivity index (χ0) is 31.3. The van der Waals surface area contributed by atoms with Gasteiger partial charge in [0, 0.05) is 18.1 Å². The first-order valence-electron chi connectivity index (χ1n) is 14.4. The number of fused-ring (bicyclic) bond motifs is 3. The van der Waals surface area contributed by atoms with Gasteiger partial charge in [-0.3, -0.25) is 9.55 Å². The number of nitrogens with zero attached hydrogens (tertiary/aromatic N) is 5. The zero-order valence-electron chi connectivity index (χ0n) is 24.4. The first-order chi connectivity index (χ1) is 21.6. The Morgan fingerprint density at radius 3 is 2.58 bits per heavy atom. The van der Waals surface area contributed by atoms with Crippen molar-refractivity contribution >= 4 is 33.8 Å². The molecule has 5 aromatic rings. The highest BCUT2D eigenvalue weighted by Crippen LogP contribution is 2.45. The van der Waals surface area contributed by atoms with Gasteiger partial charge >= 0.3 is 6.18 Å². The van der Waals surface area contributed by atoms with Crippen LogP contribution in [0.15, 0.2) is 67.1 Å². The quantitative estimate of drug-likeness (QED) is 0.238. The maximum Gasteiger partial charge on any atom is 0.416 e. The number of pyridine rings is 1. The van der Waals surface area contributed by atoms with E-state index in [2.05, 4.69) is 26.3 Å². The van der Waals surface area contributed by atoms with Crippen molar-refractivity contribution in [3.05, 3.63) is 83.8 Å². The van der Waals surface area contributed by atoms with Crippen LogP contribution < -0.4 is 11.1 Å². The summed E-state index contributed by atoms with van der Waals surface area (Å²) in [7, 11) is 0. The van der Waals surface area contributed by atoms with E-state index in [1.807, 2.05) is 38.1 Å².